The molecule has 0 bridgehead atoms. The van der Waals surface area contributed by atoms with E-state index in [-0.39, 0.29) is 24.4 Å². The number of rotatable bonds is 4. The minimum absolute atomic E-state index is 0.0259. The molecule has 1 aliphatic rings. The number of likely N-dealkylation sites (tertiary alicyclic amines) is 1. The topological polar surface area (TPSA) is 43.9 Å². The fourth-order valence-electron chi connectivity index (χ4n) is 2.24. The average Bonchev–Trinajstić information content (AvgIpc) is 2.65. The smallest absolute Gasteiger partial charge is 0.239 e. The van der Waals surface area contributed by atoms with E-state index >= 15 is 0 Å². The Morgan fingerprint density at radius 3 is 2.05 bits per heavy atom. The molecule has 0 saturated carbocycles. The lowest BCUT2D eigenvalue weighted by molar-refractivity contribution is -0.137. The number of carbonyl (C=O) groups excluding carboxylic acids is 2. The highest BCUT2D eigenvalue weighted by Crippen LogP contribution is 2.12. The van der Waals surface area contributed by atoms with Crippen molar-refractivity contribution in [2.45, 2.75) is 38.6 Å². The molecule has 2 amide bonds. The van der Waals surface area contributed by atoms with Crippen LogP contribution in [0.15, 0.2) is 0 Å². The van der Waals surface area contributed by atoms with E-state index in [0.29, 0.717) is 0 Å². The summed E-state index contributed by atoms with van der Waals surface area (Å²) in [6.45, 7) is 3.89. The van der Waals surface area contributed by atoms with Gasteiger partial charge in [-0.05, 0) is 26.8 Å². The first kappa shape index (κ1) is 16.0. The Morgan fingerprint density at radius 1 is 1.05 bits per heavy atom. The Kier molecular flexibility index (Phi) is 6.28. The molecule has 1 fully saturated rings. The summed E-state index contributed by atoms with van der Waals surface area (Å²) in [5.74, 6) is 0.175. The fourth-order valence-corrected chi connectivity index (χ4v) is 2.24. The van der Waals surface area contributed by atoms with E-state index in [1.807, 2.05) is 23.8 Å². The number of carbonyl (C=O) groups is 2. The second-order valence-corrected chi connectivity index (χ2v) is 5.62. The first-order chi connectivity index (χ1) is 8.93. The fraction of sp³-hybridized carbons (Fsp3) is 0.857. The Bertz CT molecular complexity index is 310. The molecule has 110 valence electrons. The van der Waals surface area contributed by atoms with Crippen molar-refractivity contribution in [3.05, 3.63) is 0 Å². The van der Waals surface area contributed by atoms with Crippen LogP contribution >= 0.6 is 0 Å². The van der Waals surface area contributed by atoms with Gasteiger partial charge in [-0.15, -0.1) is 0 Å². The third kappa shape index (κ3) is 4.82. The Balaban J connectivity index is 2.52. The maximum Gasteiger partial charge on any atom is 0.239 e. The molecular formula is C14H27N3O2. The largest absolute Gasteiger partial charge is 0.348 e. The van der Waals surface area contributed by atoms with Crippen molar-refractivity contribution in [1.82, 2.24) is 14.7 Å². The van der Waals surface area contributed by atoms with Gasteiger partial charge in [0.2, 0.25) is 11.8 Å². The average molecular weight is 269 g/mol. The van der Waals surface area contributed by atoms with Crippen LogP contribution in [0.25, 0.3) is 0 Å². The van der Waals surface area contributed by atoms with Crippen molar-refractivity contribution in [2.24, 2.45) is 0 Å². The second-order valence-electron chi connectivity index (χ2n) is 5.62. The maximum absolute atomic E-state index is 12.4. The van der Waals surface area contributed by atoms with Crippen LogP contribution in [0, 0.1) is 0 Å². The molecule has 0 aliphatic carbocycles. The summed E-state index contributed by atoms with van der Waals surface area (Å²) in [5, 5.41) is 0. The van der Waals surface area contributed by atoms with Crippen molar-refractivity contribution in [3.63, 3.8) is 0 Å². The molecule has 1 unspecified atom stereocenters. The van der Waals surface area contributed by atoms with E-state index < -0.39 is 0 Å². The SMILES string of the molecule is CC(C(=O)N1CCCCCC1)N(C)CC(=O)N(C)C. The Morgan fingerprint density at radius 2 is 1.58 bits per heavy atom. The van der Waals surface area contributed by atoms with E-state index in [9.17, 15) is 9.59 Å². The van der Waals surface area contributed by atoms with Gasteiger partial charge in [0.05, 0.1) is 12.6 Å². The first-order valence-electron chi connectivity index (χ1n) is 7.12. The molecule has 1 rings (SSSR count). The van der Waals surface area contributed by atoms with Crippen LogP contribution in [-0.4, -0.2) is 73.3 Å². The lowest BCUT2D eigenvalue weighted by Crippen LogP contribution is -2.48. The molecule has 1 atom stereocenters. The van der Waals surface area contributed by atoms with Crippen LogP contribution in [0.1, 0.15) is 32.6 Å². The first-order valence-corrected chi connectivity index (χ1v) is 7.12. The van der Waals surface area contributed by atoms with Crippen molar-refractivity contribution in [1.29, 1.82) is 0 Å². The molecular weight excluding hydrogens is 242 g/mol. The molecule has 0 aromatic heterocycles. The molecule has 0 aromatic rings. The van der Waals surface area contributed by atoms with E-state index in [1.54, 1.807) is 19.0 Å². The normalized spacial score (nSPS) is 18.1. The molecule has 0 aromatic carbocycles. The molecule has 0 N–H and O–H groups in total. The molecule has 5 nitrogen and oxygen atoms in total. The van der Waals surface area contributed by atoms with Gasteiger partial charge in [-0.1, -0.05) is 12.8 Å². The van der Waals surface area contributed by atoms with E-state index in [1.165, 1.54) is 12.8 Å². The van der Waals surface area contributed by atoms with Gasteiger partial charge < -0.3 is 9.80 Å². The summed E-state index contributed by atoms with van der Waals surface area (Å²) in [4.78, 5) is 29.4. The van der Waals surface area contributed by atoms with Crippen LogP contribution < -0.4 is 0 Å². The van der Waals surface area contributed by atoms with E-state index in [2.05, 4.69) is 0 Å². The number of hydrogen-bond donors (Lipinski definition) is 0. The number of nitrogens with zero attached hydrogens (tertiary/aromatic N) is 3. The van der Waals surface area contributed by atoms with Gasteiger partial charge in [0.1, 0.15) is 0 Å². The third-order valence-corrected chi connectivity index (χ3v) is 3.82. The Hall–Kier alpha value is -1.10. The molecule has 5 heteroatoms. The zero-order valence-corrected chi connectivity index (χ0v) is 12.7. The molecule has 0 radical (unpaired) electrons. The predicted molar refractivity (Wildman–Crippen MR) is 75.8 cm³/mol. The van der Waals surface area contributed by atoms with E-state index in [0.717, 1.165) is 25.9 Å². The van der Waals surface area contributed by atoms with Crippen molar-refractivity contribution >= 4 is 11.8 Å². The second kappa shape index (κ2) is 7.48. The summed E-state index contributed by atoms with van der Waals surface area (Å²) in [7, 11) is 5.30. The van der Waals surface area contributed by atoms with Crippen LogP contribution in [0.5, 0.6) is 0 Å². The summed E-state index contributed by atoms with van der Waals surface area (Å²) >= 11 is 0. The highest BCUT2D eigenvalue weighted by Gasteiger charge is 2.25. The van der Waals surface area contributed by atoms with Gasteiger partial charge >= 0.3 is 0 Å². The predicted octanol–water partition coefficient (Wildman–Crippen LogP) is 0.798. The third-order valence-electron chi connectivity index (χ3n) is 3.82. The van der Waals surface area contributed by atoms with Gasteiger partial charge in [-0.3, -0.25) is 14.5 Å². The van der Waals surface area contributed by atoms with Crippen LogP contribution in [0.2, 0.25) is 0 Å². The van der Waals surface area contributed by atoms with E-state index in [4.69, 9.17) is 0 Å². The van der Waals surface area contributed by atoms with Crippen molar-refractivity contribution in [2.75, 3.05) is 40.8 Å². The maximum atomic E-state index is 12.4. The van der Waals surface area contributed by atoms with Crippen molar-refractivity contribution in [3.8, 4) is 0 Å². The molecule has 19 heavy (non-hydrogen) atoms. The molecule has 1 saturated heterocycles. The minimum Gasteiger partial charge on any atom is -0.348 e. The zero-order chi connectivity index (χ0) is 14.4. The molecule has 0 spiro atoms. The molecule has 1 aliphatic heterocycles. The van der Waals surface area contributed by atoms with Gasteiger partial charge in [-0.2, -0.15) is 0 Å². The van der Waals surface area contributed by atoms with Gasteiger partial charge in [0.15, 0.2) is 0 Å². The van der Waals surface area contributed by atoms with Crippen LogP contribution in [-0.2, 0) is 9.59 Å². The number of hydrogen-bond acceptors (Lipinski definition) is 3. The standard InChI is InChI=1S/C14H27N3O2/c1-12(16(4)11-13(18)15(2)3)14(19)17-9-7-5-6-8-10-17/h12H,5-11H2,1-4H3. The Labute approximate surface area is 116 Å². The zero-order valence-electron chi connectivity index (χ0n) is 12.7. The monoisotopic (exact) mass is 269 g/mol. The summed E-state index contributed by atoms with van der Waals surface area (Å²) < 4.78 is 0. The number of amides is 2. The van der Waals surface area contributed by atoms with Crippen LogP contribution in [0.3, 0.4) is 0 Å². The quantitative estimate of drug-likeness (QED) is 0.758. The summed E-state index contributed by atoms with van der Waals surface area (Å²) in [5.41, 5.74) is 0. The molecule has 1 heterocycles. The van der Waals surface area contributed by atoms with Gasteiger partial charge in [0.25, 0.3) is 0 Å². The highest BCUT2D eigenvalue weighted by molar-refractivity contribution is 5.83. The van der Waals surface area contributed by atoms with Crippen molar-refractivity contribution < 1.29 is 9.59 Å². The summed E-state index contributed by atoms with van der Waals surface area (Å²) in [6, 6.07) is -0.234. The van der Waals surface area contributed by atoms with Gasteiger partial charge in [0, 0.05) is 27.2 Å². The van der Waals surface area contributed by atoms with Gasteiger partial charge in [-0.25, -0.2) is 0 Å². The minimum atomic E-state index is -0.234. The highest BCUT2D eigenvalue weighted by atomic mass is 16.2. The lowest BCUT2D eigenvalue weighted by Gasteiger charge is -2.30. The summed E-state index contributed by atoms with van der Waals surface area (Å²) in [6.07, 6.45) is 4.62. The van der Waals surface area contributed by atoms with Crippen LogP contribution in [0.4, 0.5) is 0 Å². The number of likely N-dealkylation sites (N-methyl/N-ethyl adjacent to an activating group) is 2. The lowest BCUT2D eigenvalue weighted by atomic mass is 10.2.